The zero-order valence-corrected chi connectivity index (χ0v) is 14.6. The van der Waals surface area contributed by atoms with Crippen LogP contribution in [-0.2, 0) is 11.2 Å². The van der Waals surface area contributed by atoms with Gasteiger partial charge in [0, 0.05) is 11.7 Å². The van der Waals surface area contributed by atoms with Gasteiger partial charge in [0.05, 0.1) is 5.75 Å². The van der Waals surface area contributed by atoms with Gasteiger partial charge in [-0.2, -0.15) is 0 Å². The van der Waals surface area contributed by atoms with Gasteiger partial charge < -0.3 is 10.6 Å². The maximum Gasteiger partial charge on any atom is 0.230 e. The van der Waals surface area contributed by atoms with Gasteiger partial charge in [0.1, 0.15) is 0 Å². The molecule has 2 N–H and O–H groups in total. The second-order valence-corrected chi connectivity index (χ2v) is 7.22. The first kappa shape index (κ1) is 16.8. The molecular weight excluding hydrogens is 316 g/mol. The Hall–Kier alpha value is -1.60. The molecule has 0 fully saturated rings. The van der Waals surface area contributed by atoms with Crippen molar-refractivity contribution in [3.05, 3.63) is 29.8 Å². The molecule has 0 spiro atoms. The number of benzene rings is 1. The summed E-state index contributed by atoms with van der Waals surface area (Å²) in [5, 5.41) is 15.1. The van der Waals surface area contributed by atoms with E-state index in [4.69, 9.17) is 0 Å². The number of anilines is 2. The molecule has 22 heavy (non-hydrogen) atoms. The highest BCUT2D eigenvalue weighted by Crippen LogP contribution is 2.28. The molecule has 1 aromatic heterocycles. The number of aryl methyl sites for hydroxylation is 1. The summed E-state index contributed by atoms with van der Waals surface area (Å²) in [6.07, 6.45) is 0.957. The van der Waals surface area contributed by atoms with Crippen LogP contribution in [0.1, 0.15) is 26.3 Å². The first-order valence-corrected chi connectivity index (χ1v) is 8.99. The highest BCUT2D eigenvalue weighted by molar-refractivity contribution is 8.01. The number of nitrogens with one attached hydrogen (secondary N) is 2. The number of nitrogens with zero attached hydrogens (tertiary/aromatic N) is 2. The number of amides is 1. The van der Waals surface area contributed by atoms with Gasteiger partial charge in [-0.05, 0) is 31.9 Å². The third-order valence-electron chi connectivity index (χ3n) is 2.82. The zero-order valence-electron chi connectivity index (χ0n) is 12.9. The van der Waals surface area contributed by atoms with Gasteiger partial charge in [0.25, 0.3) is 0 Å². The predicted molar refractivity (Wildman–Crippen MR) is 93.0 cm³/mol. The minimum atomic E-state index is 0.0148. The van der Waals surface area contributed by atoms with Gasteiger partial charge in [0.2, 0.25) is 11.0 Å². The summed E-state index contributed by atoms with van der Waals surface area (Å²) in [6.45, 7) is 6.01. The van der Waals surface area contributed by atoms with E-state index in [-0.39, 0.29) is 11.9 Å². The minimum Gasteiger partial charge on any atom is -0.353 e. The Morgan fingerprint density at radius 1 is 1.32 bits per heavy atom. The molecule has 1 amide bonds. The predicted octanol–water partition coefficient (Wildman–Crippen LogP) is 3.46. The smallest absolute Gasteiger partial charge is 0.230 e. The number of carbonyl (C=O) groups excluding carboxylic acids is 1. The Morgan fingerprint density at radius 2 is 2.09 bits per heavy atom. The van der Waals surface area contributed by atoms with E-state index >= 15 is 0 Å². The molecule has 0 saturated heterocycles. The molecule has 1 aromatic carbocycles. The van der Waals surface area contributed by atoms with Crippen LogP contribution < -0.4 is 10.6 Å². The fourth-order valence-corrected chi connectivity index (χ4v) is 3.45. The van der Waals surface area contributed by atoms with Crippen molar-refractivity contribution in [3.8, 4) is 0 Å². The molecule has 2 rings (SSSR count). The highest BCUT2D eigenvalue weighted by Gasteiger charge is 2.10. The van der Waals surface area contributed by atoms with Crippen LogP contribution in [0.5, 0.6) is 0 Å². The number of hydrogen-bond donors (Lipinski definition) is 2. The third kappa shape index (κ3) is 4.99. The van der Waals surface area contributed by atoms with Crippen molar-refractivity contribution in [1.29, 1.82) is 0 Å². The van der Waals surface area contributed by atoms with E-state index in [2.05, 4.69) is 33.8 Å². The van der Waals surface area contributed by atoms with Crippen LogP contribution >= 0.6 is 23.1 Å². The summed E-state index contributed by atoms with van der Waals surface area (Å²) in [4.78, 5) is 11.6. The molecule has 0 aliphatic rings. The van der Waals surface area contributed by atoms with Crippen molar-refractivity contribution in [2.24, 2.45) is 0 Å². The maximum atomic E-state index is 11.6. The molecule has 118 valence electrons. The lowest BCUT2D eigenvalue weighted by atomic mass is 10.1. The zero-order chi connectivity index (χ0) is 15.9. The summed E-state index contributed by atoms with van der Waals surface area (Å²) >= 11 is 2.86. The second-order valence-electron chi connectivity index (χ2n) is 5.02. The first-order valence-electron chi connectivity index (χ1n) is 7.19. The standard InChI is InChI=1S/C15H20N4OS2/c1-4-11-7-5-6-8-12(11)17-14-18-19-15(22-14)21-9-13(20)16-10(2)3/h5-8,10H,4,9H2,1-3H3,(H,16,20)(H,17,18). The number of carbonyl (C=O) groups is 1. The van der Waals surface area contributed by atoms with Crippen molar-refractivity contribution in [2.75, 3.05) is 11.1 Å². The van der Waals surface area contributed by atoms with Gasteiger partial charge in [-0.3, -0.25) is 4.79 Å². The van der Waals surface area contributed by atoms with Crippen LogP contribution in [0.4, 0.5) is 10.8 Å². The molecule has 0 radical (unpaired) electrons. The summed E-state index contributed by atoms with van der Waals surface area (Å²) in [5.74, 6) is 0.374. The van der Waals surface area contributed by atoms with Crippen LogP contribution in [0.2, 0.25) is 0 Å². The van der Waals surface area contributed by atoms with Crippen molar-refractivity contribution in [2.45, 2.75) is 37.6 Å². The van der Waals surface area contributed by atoms with Gasteiger partial charge >= 0.3 is 0 Å². The third-order valence-corrected chi connectivity index (χ3v) is 4.79. The Labute approximate surface area is 138 Å². The van der Waals surface area contributed by atoms with Crippen LogP contribution in [0, 0.1) is 0 Å². The fraction of sp³-hybridized carbons (Fsp3) is 0.400. The molecule has 0 aliphatic carbocycles. The molecule has 2 aromatic rings. The molecule has 0 saturated carbocycles. The van der Waals surface area contributed by atoms with Gasteiger partial charge in [-0.1, -0.05) is 48.2 Å². The Balaban J connectivity index is 1.93. The van der Waals surface area contributed by atoms with E-state index in [1.165, 1.54) is 28.7 Å². The normalized spacial score (nSPS) is 10.7. The van der Waals surface area contributed by atoms with Crippen LogP contribution in [-0.4, -0.2) is 27.9 Å². The van der Waals surface area contributed by atoms with Crippen LogP contribution in [0.3, 0.4) is 0 Å². The lowest BCUT2D eigenvalue weighted by Gasteiger charge is -2.07. The molecule has 7 heteroatoms. The van der Waals surface area contributed by atoms with E-state index < -0.39 is 0 Å². The molecule has 0 bridgehead atoms. The Kier molecular flexibility index (Phi) is 6.21. The number of para-hydroxylation sites is 1. The molecular formula is C15H20N4OS2. The number of hydrogen-bond acceptors (Lipinski definition) is 6. The van der Waals surface area contributed by atoms with E-state index in [1.54, 1.807) is 0 Å². The van der Waals surface area contributed by atoms with E-state index in [9.17, 15) is 4.79 Å². The van der Waals surface area contributed by atoms with Crippen LogP contribution in [0.15, 0.2) is 28.6 Å². The van der Waals surface area contributed by atoms with E-state index in [1.807, 2.05) is 32.0 Å². The number of rotatable bonds is 7. The maximum absolute atomic E-state index is 11.6. The van der Waals surface area contributed by atoms with Gasteiger partial charge in [-0.15, -0.1) is 10.2 Å². The van der Waals surface area contributed by atoms with Crippen molar-refractivity contribution in [3.63, 3.8) is 0 Å². The average molecular weight is 336 g/mol. The van der Waals surface area contributed by atoms with E-state index in [0.29, 0.717) is 5.75 Å². The molecule has 5 nitrogen and oxygen atoms in total. The van der Waals surface area contributed by atoms with Crippen LogP contribution in [0.25, 0.3) is 0 Å². The quantitative estimate of drug-likeness (QED) is 0.758. The van der Waals surface area contributed by atoms with Gasteiger partial charge in [0.15, 0.2) is 4.34 Å². The number of aromatic nitrogens is 2. The summed E-state index contributed by atoms with van der Waals surface area (Å²) < 4.78 is 0.787. The fourth-order valence-electron chi connectivity index (χ4n) is 1.88. The average Bonchev–Trinajstić information content (AvgIpc) is 2.93. The van der Waals surface area contributed by atoms with Crippen molar-refractivity contribution in [1.82, 2.24) is 15.5 Å². The summed E-state index contributed by atoms with van der Waals surface area (Å²) in [5.41, 5.74) is 2.29. The van der Waals surface area contributed by atoms with Gasteiger partial charge in [-0.25, -0.2) is 0 Å². The molecule has 0 unspecified atom stereocenters. The Morgan fingerprint density at radius 3 is 2.82 bits per heavy atom. The summed E-state index contributed by atoms with van der Waals surface area (Å²) in [6, 6.07) is 8.30. The topological polar surface area (TPSA) is 66.9 Å². The summed E-state index contributed by atoms with van der Waals surface area (Å²) in [7, 11) is 0. The molecule has 0 atom stereocenters. The number of thioether (sulfide) groups is 1. The molecule has 0 aliphatic heterocycles. The first-order chi connectivity index (χ1) is 10.6. The monoisotopic (exact) mass is 336 g/mol. The Bertz CT molecular complexity index is 628. The van der Waals surface area contributed by atoms with E-state index in [0.717, 1.165) is 21.6 Å². The van der Waals surface area contributed by atoms with Crippen molar-refractivity contribution >= 4 is 39.8 Å². The lowest BCUT2D eigenvalue weighted by molar-refractivity contribution is -0.119. The van der Waals surface area contributed by atoms with Crippen molar-refractivity contribution < 1.29 is 4.79 Å². The highest BCUT2D eigenvalue weighted by atomic mass is 32.2. The SMILES string of the molecule is CCc1ccccc1Nc1nnc(SCC(=O)NC(C)C)s1. The minimum absolute atomic E-state index is 0.0148. The lowest BCUT2D eigenvalue weighted by Crippen LogP contribution is -2.31. The molecule has 1 heterocycles. The second kappa shape index (κ2) is 8.14. The largest absolute Gasteiger partial charge is 0.353 e.